The zero-order valence-electron chi connectivity index (χ0n) is 15.8. The van der Waals surface area contributed by atoms with Gasteiger partial charge >= 0.3 is 0 Å². The van der Waals surface area contributed by atoms with Crippen LogP contribution in [-0.2, 0) is 9.59 Å². The largest absolute Gasteiger partial charge is 0.495 e. The average molecular weight is 472 g/mol. The van der Waals surface area contributed by atoms with Crippen LogP contribution in [0.1, 0.15) is 6.42 Å². The van der Waals surface area contributed by atoms with Crippen molar-refractivity contribution in [2.45, 2.75) is 11.7 Å². The summed E-state index contributed by atoms with van der Waals surface area (Å²) >= 11 is 12.9. The molecule has 2 aromatic rings. The van der Waals surface area contributed by atoms with E-state index in [-0.39, 0.29) is 22.5 Å². The van der Waals surface area contributed by atoms with Gasteiger partial charge in [-0.15, -0.1) is 0 Å². The second-order valence-electron chi connectivity index (χ2n) is 6.05. The van der Waals surface area contributed by atoms with Gasteiger partial charge in [-0.1, -0.05) is 35.0 Å². The number of hydrogen-bond acceptors (Lipinski definition) is 6. The number of aliphatic imine (C=N–C) groups is 1. The van der Waals surface area contributed by atoms with E-state index < -0.39 is 17.0 Å². The van der Waals surface area contributed by atoms with Gasteiger partial charge in [-0.05, 0) is 18.2 Å². The van der Waals surface area contributed by atoms with Crippen LogP contribution in [0.3, 0.4) is 0 Å². The number of halogens is 3. The van der Waals surface area contributed by atoms with Crippen LogP contribution in [0.25, 0.3) is 0 Å². The van der Waals surface area contributed by atoms with Crippen molar-refractivity contribution in [3.63, 3.8) is 0 Å². The Kier molecular flexibility index (Phi) is 7.06. The summed E-state index contributed by atoms with van der Waals surface area (Å²) in [6.45, 7) is 0. The Morgan fingerprint density at radius 2 is 1.93 bits per heavy atom. The predicted octanol–water partition coefficient (Wildman–Crippen LogP) is 4.40. The fraction of sp³-hybridized carbons (Fsp3) is 0.211. The zero-order valence-corrected chi connectivity index (χ0v) is 18.1. The summed E-state index contributed by atoms with van der Waals surface area (Å²) in [5, 5.41) is 5.00. The fourth-order valence-electron chi connectivity index (χ4n) is 2.59. The number of thioether (sulfide) groups is 1. The van der Waals surface area contributed by atoms with Crippen molar-refractivity contribution >= 4 is 63.3 Å². The zero-order chi connectivity index (χ0) is 21.8. The standard InChI is InChI=1S/C19H16Cl2FN3O4S/c1-28-14-7-13(15(29-2)6-11(14)21)24-18(27)16-8-17(26)25-19(30-16)23-9-3-4-12(22)10(20)5-9/h3-7,16H,8H2,1-2H3,(H,24,27)(H,23,25,26)/t16-/m0/s1. The Morgan fingerprint density at radius 3 is 2.60 bits per heavy atom. The van der Waals surface area contributed by atoms with Crippen molar-refractivity contribution in [2.24, 2.45) is 4.99 Å². The second-order valence-corrected chi connectivity index (χ2v) is 8.06. The number of ether oxygens (including phenoxy) is 2. The molecule has 3 rings (SSSR count). The second kappa shape index (κ2) is 9.55. The van der Waals surface area contributed by atoms with E-state index in [1.165, 1.54) is 44.6 Å². The van der Waals surface area contributed by atoms with E-state index in [2.05, 4.69) is 15.6 Å². The fourth-order valence-corrected chi connectivity index (χ4v) is 3.99. The number of anilines is 1. The molecule has 1 aliphatic heterocycles. The number of carbonyl (C=O) groups excluding carboxylic acids is 2. The van der Waals surface area contributed by atoms with Crippen LogP contribution in [-0.4, -0.2) is 36.5 Å². The van der Waals surface area contributed by atoms with Gasteiger partial charge in [-0.3, -0.25) is 9.59 Å². The van der Waals surface area contributed by atoms with Crippen LogP contribution in [0.15, 0.2) is 35.3 Å². The monoisotopic (exact) mass is 471 g/mol. The highest BCUT2D eigenvalue weighted by Crippen LogP contribution is 2.36. The van der Waals surface area contributed by atoms with Crippen molar-refractivity contribution in [2.75, 3.05) is 19.5 Å². The highest BCUT2D eigenvalue weighted by atomic mass is 35.5. The molecule has 1 heterocycles. The normalized spacial score (nSPS) is 17.4. The molecule has 158 valence electrons. The lowest BCUT2D eigenvalue weighted by Gasteiger charge is -2.23. The minimum atomic E-state index is -0.750. The van der Waals surface area contributed by atoms with E-state index in [0.29, 0.717) is 27.9 Å². The Morgan fingerprint density at radius 1 is 1.20 bits per heavy atom. The number of carbonyl (C=O) groups is 2. The summed E-state index contributed by atoms with van der Waals surface area (Å²) in [6.07, 6.45) is -0.0489. The molecule has 30 heavy (non-hydrogen) atoms. The van der Waals surface area contributed by atoms with Gasteiger partial charge in [0.1, 0.15) is 22.6 Å². The van der Waals surface area contributed by atoms with Gasteiger partial charge in [-0.25, -0.2) is 9.38 Å². The number of methoxy groups -OCH3 is 2. The van der Waals surface area contributed by atoms with E-state index >= 15 is 0 Å². The molecule has 0 aromatic heterocycles. The van der Waals surface area contributed by atoms with Crippen LogP contribution < -0.4 is 20.1 Å². The summed E-state index contributed by atoms with van der Waals surface area (Å²) in [4.78, 5) is 29.1. The summed E-state index contributed by atoms with van der Waals surface area (Å²) in [6, 6.07) is 6.95. The predicted molar refractivity (Wildman–Crippen MR) is 116 cm³/mol. The first kappa shape index (κ1) is 22.2. The van der Waals surface area contributed by atoms with Gasteiger partial charge in [-0.2, -0.15) is 0 Å². The lowest BCUT2D eigenvalue weighted by atomic mass is 10.2. The number of amidine groups is 1. The minimum absolute atomic E-state index is 0.0489. The molecule has 1 atom stereocenters. The smallest absolute Gasteiger partial charge is 0.238 e. The maximum absolute atomic E-state index is 13.3. The molecule has 7 nitrogen and oxygen atoms in total. The molecule has 0 radical (unpaired) electrons. The number of rotatable bonds is 5. The number of nitrogens with zero attached hydrogens (tertiary/aromatic N) is 1. The maximum atomic E-state index is 13.3. The maximum Gasteiger partial charge on any atom is 0.238 e. The molecule has 2 aromatic carbocycles. The van der Waals surface area contributed by atoms with Gasteiger partial charge in [0.15, 0.2) is 5.17 Å². The van der Waals surface area contributed by atoms with Crippen LogP contribution in [0.4, 0.5) is 15.8 Å². The highest BCUT2D eigenvalue weighted by Gasteiger charge is 2.31. The third kappa shape index (κ3) is 5.16. The third-order valence-corrected chi connectivity index (χ3v) is 5.70. The molecule has 0 saturated carbocycles. The Balaban J connectivity index is 1.80. The van der Waals surface area contributed by atoms with E-state index in [1.54, 1.807) is 0 Å². The molecule has 0 unspecified atom stereocenters. The molecule has 2 N–H and O–H groups in total. The average Bonchev–Trinajstić information content (AvgIpc) is 2.71. The van der Waals surface area contributed by atoms with Gasteiger partial charge < -0.3 is 20.1 Å². The first-order valence-electron chi connectivity index (χ1n) is 8.53. The highest BCUT2D eigenvalue weighted by molar-refractivity contribution is 8.15. The summed E-state index contributed by atoms with van der Waals surface area (Å²) in [7, 11) is 2.89. The Labute approximate surface area is 185 Å². The van der Waals surface area contributed by atoms with E-state index in [4.69, 9.17) is 32.7 Å². The summed E-state index contributed by atoms with van der Waals surface area (Å²) in [5.41, 5.74) is 0.688. The van der Waals surface area contributed by atoms with Crippen LogP contribution in [0, 0.1) is 5.82 Å². The first-order valence-corrected chi connectivity index (χ1v) is 10.2. The van der Waals surface area contributed by atoms with Gasteiger partial charge in [0.25, 0.3) is 0 Å². The van der Waals surface area contributed by atoms with Crippen molar-refractivity contribution < 1.29 is 23.5 Å². The Bertz CT molecular complexity index is 1040. The van der Waals surface area contributed by atoms with Gasteiger partial charge in [0.2, 0.25) is 11.8 Å². The number of benzene rings is 2. The molecule has 11 heteroatoms. The topological polar surface area (TPSA) is 89.0 Å². The molecule has 0 aliphatic carbocycles. The minimum Gasteiger partial charge on any atom is -0.495 e. The molecular formula is C19H16Cl2FN3O4S. The summed E-state index contributed by atoms with van der Waals surface area (Å²) in [5.74, 6) is -0.680. The number of hydrogen-bond donors (Lipinski definition) is 2. The Hall–Kier alpha value is -2.49. The quantitative estimate of drug-likeness (QED) is 0.674. The molecular weight excluding hydrogens is 456 g/mol. The third-order valence-electron chi connectivity index (χ3n) is 4.03. The molecule has 0 spiro atoms. The molecule has 1 saturated heterocycles. The van der Waals surface area contributed by atoms with Crippen molar-refractivity contribution in [3.05, 3.63) is 46.2 Å². The van der Waals surface area contributed by atoms with Crippen molar-refractivity contribution in [1.82, 2.24) is 5.32 Å². The molecule has 1 aliphatic rings. The van der Waals surface area contributed by atoms with Crippen LogP contribution in [0.5, 0.6) is 11.5 Å². The number of nitrogens with one attached hydrogen (secondary N) is 2. The van der Waals surface area contributed by atoms with E-state index in [1.807, 2.05) is 0 Å². The molecule has 0 bridgehead atoms. The van der Waals surface area contributed by atoms with Crippen LogP contribution >= 0.6 is 35.0 Å². The lowest BCUT2D eigenvalue weighted by Crippen LogP contribution is -2.41. The van der Waals surface area contributed by atoms with Gasteiger partial charge in [0, 0.05) is 18.6 Å². The van der Waals surface area contributed by atoms with Crippen molar-refractivity contribution in [3.8, 4) is 11.5 Å². The van der Waals surface area contributed by atoms with Crippen molar-refractivity contribution in [1.29, 1.82) is 0 Å². The van der Waals surface area contributed by atoms with Crippen LogP contribution in [0.2, 0.25) is 10.0 Å². The van der Waals surface area contributed by atoms with E-state index in [0.717, 1.165) is 11.8 Å². The summed E-state index contributed by atoms with van der Waals surface area (Å²) < 4.78 is 23.7. The number of amides is 2. The first-order chi connectivity index (χ1) is 14.3. The SMILES string of the molecule is COc1cc(NC(=O)[C@@H]2CC(=O)NC(=Nc3ccc(F)c(Cl)c3)S2)c(OC)cc1Cl. The lowest BCUT2D eigenvalue weighted by molar-refractivity contribution is -0.123. The molecule has 1 fully saturated rings. The van der Waals surface area contributed by atoms with Gasteiger partial charge in [0.05, 0.1) is 35.6 Å². The van der Waals surface area contributed by atoms with E-state index in [9.17, 15) is 14.0 Å². The molecule has 2 amide bonds.